The van der Waals surface area contributed by atoms with Gasteiger partial charge in [-0.3, -0.25) is 15.0 Å². The Labute approximate surface area is 175 Å². The Balaban J connectivity index is 2.63. The fourth-order valence-electron chi connectivity index (χ4n) is 2.15. The molecule has 0 aliphatic heterocycles. The molecule has 1 rings (SSSR count). The lowest BCUT2D eigenvalue weighted by atomic mass is 10.1. The van der Waals surface area contributed by atoms with Crippen LogP contribution >= 0.6 is 23.2 Å². The van der Waals surface area contributed by atoms with Crippen molar-refractivity contribution in [3.8, 4) is 0 Å². The van der Waals surface area contributed by atoms with Crippen LogP contribution in [0.25, 0.3) is 0 Å². The minimum Gasteiger partial charge on any atom is -0.381 e. The molecule has 6 nitrogen and oxygen atoms in total. The molecule has 0 bridgehead atoms. The second-order valence-electron chi connectivity index (χ2n) is 6.17. The quantitative estimate of drug-likeness (QED) is 0.427. The van der Waals surface area contributed by atoms with Crippen molar-refractivity contribution in [2.24, 2.45) is 0 Å². The van der Waals surface area contributed by atoms with E-state index in [2.05, 4.69) is 16.0 Å². The lowest BCUT2D eigenvalue weighted by molar-refractivity contribution is -0.120. The second-order valence-corrected chi connectivity index (χ2v) is 6.98. The Kier molecular flexibility index (Phi) is 9.76. The third-order valence-corrected chi connectivity index (χ3v) is 4.75. The van der Waals surface area contributed by atoms with Gasteiger partial charge in [0, 0.05) is 19.2 Å². The highest BCUT2D eigenvalue weighted by Gasteiger charge is 2.14. The first-order valence-electron chi connectivity index (χ1n) is 8.89. The molecule has 1 aromatic carbocycles. The molecule has 1 atom stereocenters. The maximum atomic E-state index is 12.3. The van der Waals surface area contributed by atoms with Gasteiger partial charge in [0.2, 0.25) is 0 Å². The van der Waals surface area contributed by atoms with Gasteiger partial charge in [-0.1, -0.05) is 36.2 Å². The average Bonchev–Trinajstić information content (AvgIpc) is 2.69. The fraction of sp³-hybridized carbons (Fsp3) is 0.350. The minimum absolute atomic E-state index is 0.0581. The number of halogens is 2. The number of amides is 1. The van der Waals surface area contributed by atoms with E-state index in [-0.39, 0.29) is 17.5 Å². The summed E-state index contributed by atoms with van der Waals surface area (Å²) in [5.74, 6) is -0.0291. The third kappa shape index (κ3) is 7.37. The molecule has 0 heterocycles. The molecule has 1 aromatic rings. The lowest BCUT2D eigenvalue weighted by Crippen LogP contribution is -2.36. The van der Waals surface area contributed by atoms with Gasteiger partial charge in [-0.05, 0) is 50.1 Å². The first-order chi connectivity index (χ1) is 13.2. The number of Topliss-reactive ketones (excluding diaryl/α,β-unsaturated/α-hetero) is 1. The molecule has 0 aliphatic carbocycles. The van der Waals surface area contributed by atoms with Crippen LogP contribution in [-0.2, 0) is 16.1 Å². The Morgan fingerprint density at radius 2 is 1.93 bits per heavy atom. The number of benzene rings is 1. The molecule has 152 valence electrons. The Morgan fingerprint density at radius 3 is 2.50 bits per heavy atom. The van der Waals surface area contributed by atoms with Gasteiger partial charge < -0.3 is 16.0 Å². The normalized spacial score (nSPS) is 12.9. The summed E-state index contributed by atoms with van der Waals surface area (Å²) < 4.78 is 0. The van der Waals surface area contributed by atoms with Crippen LogP contribution in [0, 0.1) is 5.41 Å². The van der Waals surface area contributed by atoms with E-state index in [9.17, 15) is 9.59 Å². The van der Waals surface area contributed by atoms with Gasteiger partial charge in [-0.15, -0.1) is 0 Å². The summed E-state index contributed by atoms with van der Waals surface area (Å²) in [5, 5.41) is 17.6. The van der Waals surface area contributed by atoms with Gasteiger partial charge in [0.25, 0.3) is 5.91 Å². The molecule has 8 heteroatoms. The molecule has 1 unspecified atom stereocenters. The molecule has 0 saturated heterocycles. The summed E-state index contributed by atoms with van der Waals surface area (Å²) in [6, 6.07) is 4.91. The van der Waals surface area contributed by atoms with E-state index in [1.165, 1.54) is 6.20 Å². The van der Waals surface area contributed by atoms with Crippen LogP contribution in [0.4, 0.5) is 0 Å². The molecule has 0 spiro atoms. The molecule has 0 fully saturated rings. The van der Waals surface area contributed by atoms with Crippen molar-refractivity contribution in [2.45, 2.75) is 46.7 Å². The lowest BCUT2D eigenvalue weighted by Gasteiger charge is -2.14. The minimum atomic E-state index is -0.556. The molecule has 0 saturated carbocycles. The molecule has 28 heavy (non-hydrogen) atoms. The fourth-order valence-corrected chi connectivity index (χ4v) is 2.47. The van der Waals surface area contributed by atoms with Crippen LogP contribution in [-0.4, -0.2) is 23.4 Å². The van der Waals surface area contributed by atoms with E-state index >= 15 is 0 Å². The van der Waals surface area contributed by atoms with Crippen LogP contribution in [0.5, 0.6) is 0 Å². The van der Waals surface area contributed by atoms with Gasteiger partial charge in [0.05, 0.1) is 16.1 Å². The zero-order chi connectivity index (χ0) is 21.3. The van der Waals surface area contributed by atoms with Crippen LogP contribution in [0.1, 0.15) is 39.7 Å². The summed E-state index contributed by atoms with van der Waals surface area (Å²) in [7, 11) is 0. The predicted molar refractivity (Wildman–Crippen MR) is 115 cm³/mol. The molecule has 0 aliphatic rings. The Morgan fingerprint density at radius 1 is 1.25 bits per heavy atom. The number of hydrogen-bond acceptors (Lipinski definition) is 5. The number of rotatable bonds is 10. The standard InChI is InChI=1S/C20H26Cl2N4O2/c1-5-17(27)13(4)24-10-12(3)19(23)20(28)26-18(6-2)25-11-14-7-8-15(21)16(22)9-14/h6-10,13,23-25H,5,11H2,1-4H3,(H,26,28)/b12-10-,18-6?,23-19?. The SMILES string of the molecule is CC=C(NCc1ccc(Cl)c(Cl)c1)NC(=O)C(=N)/C(C)=C\NC(C)C(=O)CC. The first-order valence-corrected chi connectivity index (χ1v) is 9.65. The van der Waals surface area contributed by atoms with Crippen molar-refractivity contribution in [1.82, 2.24) is 16.0 Å². The van der Waals surface area contributed by atoms with Gasteiger partial charge >= 0.3 is 0 Å². The van der Waals surface area contributed by atoms with Crippen molar-refractivity contribution >= 4 is 40.6 Å². The average molecular weight is 425 g/mol. The van der Waals surface area contributed by atoms with Gasteiger partial charge in [-0.25, -0.2) is 0 Å². The van der Waals surface area contributed by atoms with Gasteiger partial charge in [0.15, 0.2) is 5.78 Å². The molecular formula is C20H26Cl2N4O2. The molecule has 1 amide bonds. The van der Waals surface area contributed by atoms with Crippen molar-refractivity contribution in [3.05, 3.63) is 57.5 Å². The summed E-state index contributed by atoms with van der Waals surface area (Å²) in [6.45, 7) is 7.36. The largest absolute Gasteiger partial charge is 0.381 e. The molecule has 0 aromatic heterocycles. The van der Waals surface area contributed by atoms with Crippen molar-refractivity contribution < 1.29 is 9.59 Å². The number of carbonyl (C=O) groups is 2. The molecular weight excluding hydrogens is 399 g/mol. The maximum absolute atomic E-state index is 12.3. The topological polar surface area (TPSA) is 94.1 Å². The van der Waals surface area contributed by atoms with Crippen LogP contribution in [0.15, 0.2) is 41.9 Å². The van der Waals surface area contributed by atoms with Gasteiger partial charge in [0.1, 0.15) is 11.5 Å². The van der Waals surface area contributed by atoms with E-state index in [0.717, 1.165) is 5.56 Å². The number of hydrogen-bond donors (Lipinski definition) is 4. The molecule has 0 radical (unpaired) electrons. The van der Waals surface area contributed by atoms with Crippen molar-refractivity contribution in [1.29, 1.82) is 5.41 Å². The van der Waals surface area contributed by atoms with Crippen molar-refractivity contribution in [2.75, 3.05) is 0 Å². The first kappa shape index (κ1) is 23.7. The van der Waals surface area contributed by atoms with E-state index in [1.807, 2.05) is 6.07 Å². The number of ketones is 1. The third-order valence-electron chi connectivity index (χ3n) is 4.01. The van der Waals surface area contributed by atoms with Crippen LogP contribution in [0.2, 0.25) is 10.0 Å². The Bertz CT molecular complexity index is 803. The number of carbonyl (C=O) groups excluding carboxylic acids is 2. The number of allylic oxidation sites excluding steroid dienone is 1. The van der Waals surface area contributed by atoms with Crippen molar-refractivity contribution in [3.63, 3.8) is 0 Å². The number of nitrogens with one attached hydrogen (secondary N) is 4. The van der Waals surface area contributed by atoms with E-state index in [4.69, 9.17) is 28.6 Å². The highest BCUT2D eigenvalue weighted by Crippen LogP contribution is 2.22. The zero-order valence-corrected chi connectivity index (χ0v) is 18.0. The predicted octanol–water partition coefficient (Wildman–Crippen LogP) is 3.94. The summed E-state index contributed by atoms with van der Waals surface area (Å²) >= 11 is 11.9. The van der Waals surface area contributed by atoms with E-state index < -0.39 is 5.91 Å². The van der Waals surface area contributed by atoms with E-state index in [0.29, 0.717) is 34.4 Å². The second kappa shape index (κ2) is 11.5. The summed E-state index contributed by atoms with van der Waals surface area (Å²) in [6.07, 6.45) is 3.63. The highest BCUT2D eigenvalue weighted by atomic mass is 35.5. The summed E-state index contributed by atoms with van der Waals surface area (Å²) in [5.41, 5.74) is 1.13. The molecule has 4 N–H and O–H groups in total. The summed E-state index contributed by atoms with van der Waals surface area (Å²) in [4.78, 5) is 23.9. The smallest absolute Gasteiger partial charge is 0.274 e. The van der Waals surface area contributed by atoms with E-state index in [1.54, 1.807) is 45.9 Å². The van der Waals surface area contributed by atoms with Gasteiger partial charge in [-0.2, -0.15) is 0 Å². The van der Waals surface area contributed by atoms with Crippen LogP contribution < -0.4 is 16.0 Å². The Hall–Kier alpha value is -2.31. The highest BCUT2D eigenvalue weighted by molar-refractivity contribution is 6.44. The van der Waals surface area contributed by atoms with Crippen LogP contribution in [0.3, 0.4) is 0 Å². The maximum Gasteiger partial charge on any atom is 0.274 e. The zero-order valence-electron chi connectivity index (χ0n) is 16.5. The monoisotopic (exact) mass is 424 g/mol.